The lowest BCUT2D eigenvalue weighted by Crippen LogP contribution is -2.53. The van der Waals surface area contributed by atoms with E-state index < -0.39 is 0 Å². The molecule has 4 nitrogen and oxygen atoms in total. The fourth-order valence-electron chi connectivity index (χ4n) is 5.08. The van der Waals surface area contributed by atoms with Crippen LogP contribution < -0.4 is 4.87 Å². The number of thiazole rings is 1. The lowest BCUT2D eigenvalue weighted by molar-refractivity contribution is -0.139. The fraction of sp³-hybridized carbons (Fsp3) is 0.545. The van der Waals surface area contributed by atoms with E-state index in [1.54, 1.807) is 16.7 Å². The maximum atomic E-state index is 13.3. The van der Waals surface area contributed by atoms with Crippen LogP contribution in [0.15, 0.2) is 29.1 Å². The molecule has 2 aliphatic rings. The Hall–Kier alpha value is -1.95. The summed E-state index contributed by atoms with van der Waals surface area (Å²) in [7, 11) is 0. The molecule has 1 saturated heterocycles. The van der Waals surface area contributed by atoms with Gasteiger partial charge in [0.15, 0.2) is 0 Å². The predicted molar refractivity (Wildman–Crippen MR) is 110 cm³/mol. The number of hydrogen-bond acceptors (Lipinski definition) is 3. The number of likely N-dealkylation sites (tertiary alicyclic amines) is 1. The highest BCUT2D eigenvalue weighted by molar-refractivity contribution is 7.09. The minimum Gasteiger partial charge on any atom is -0.338 e. The van der Waals surface area contributed by atoms with Crippen LogP contribution in [-0.2, 0) is 11.3 Å². The van der Waals surface area contributed by atoms with E-state index in [9.17, 15) is 14.0 Å². The summed E-state index contributed by atoms with van der Waals surface area (Å²) in [4.78, 5) is 28.6. The van der Waals surface area contributed by atoms with Gasteiger partial charge in [-0.15, -0.1) is 0 Å². The van der Waals surface area contributed by atoms with Gasteiger partial charge in [0.25, 0.3) is 0 Å². The highest BCUT2D eigenvalue weighted by Crippen LogP contribution is 2.39. The number of benzene rings is 1. The van der Waals surface area contributed by atoms with Gasteiger partial charge in [0.2, 0.25) is 5.91 Å². The molecule has 150 valence electrons. The van der Waals surface area contributed by atoms with Crippen molar-refractivity contribution in [2.45, 2.75) is 58.5 Å². The summed E-state index contributed by atoms with van der Waals surface area (Å²) in [5, 5.41) is 0. The number of carbonyl (C=O) groups is 1. The number of nitrogens with zero attached hydrogens (tertiary/aromatic N) is 2. The van der Waals surface area contributed by atoms with Crippen molar-refractivity contribution in [1.29, 1.82) is 0 Å². The monoisotopic (exact) mass is 402 g/mol. The van der Waals surface area contributed by atoms with Gasteiger partial charge in [-0.3, -0.25) is 14.2 Å². The van der Waals surface area contributed by atoms with E-state index in [1.165, 1.54) is 31.4 Å². The molecular formula is C22H27FN2O2S. The molecule has 1 amide bonds. The van der Waals surface area contributed by atoms with Gasteiger partial charge in [-0.25, -0.2) is 4.39 Å². The van der Waals surface area contributed by atoms with Crippen molar-refractivity contribution in [2.24, 2.45) is 11.8 Å². The van der Waals surface area contributed by atoms with E-state index in [1.807, 2.05) is 11.8 Å². The molecule has 0 bridgehead atoms. The third kappa shape index (κ3) is 3.54. The molecule has 28 heavy (non-hydrogen) atoms. The van der Waals surface area contributed by atoms with Gasteiger partial charge in [-0.2, -0.15) is 0 Å². The number of aryl methyl sites for hydroxylation is 1. The maximum absolute atomic E-state index is 13.3. The first kappa shape index (κ1) is 19.4. The van der Waals surface area contributed by atoms with E-state index in [-0.39, 0.29) is 23.1 Å². The lowest BCUT2D eigenvalue weighted by atomic mass is 9.72. The van der Waals surface area contributed by atoms with Crippen molar-refractivity contribution in [2.75, 3.05) is 6.54 Å². The topological polar surface area (TPSA) is 42.3 Å². The molecule has 6 heteroatoms. The Morgan fingerprint density at radius 2 is 1.89 bits per heavy atom. The second-order valence-electron chi connectivity index (χ2n) is 8.23. The van der Waals surface area contributed by atoms with Crippen LogP contribution in [0.5, 0.6) is 0 Å². The molecule has 1 aliphatic heterocycles. The minimum absolute atomic E-state index is 0.0343. The Balaban J connectivity index is 1.61. The molecule has 2 fully saturated rings. The standard InChI is InChI=1S/C22H27FN2O2S/c1-14-11-12-24(19-6-4-3-5-18(14)19)20(26)13-25-21(15(2)28-22(25)27)16-7-9-17(23)10-8-16/h7-10,14,18-19H,3-6,11-13H2,1-2H3/t14-,18+,19-/m0/s1. The van der Waals surface area contributed by atoms with Gasteiger partial charge in [0.05, 0.1) is 5.69 Å². The molecule has 4 rings (SSSR count). The smallest absolute Gasteiger partial charge is 0.308 e. The van der Waals surface area contributed by atoms with Crippen LogP contribution in [0.25, 0.3) is 11.3 Å². The van der Waals surface area contributed by atoms with Crippen molar-refractivity contribution in [3.63, 3.8) is 0 Å². The Bertz CT molecular complexity index is 918. The van der Waals surface area contributed by atoms with Crippen molar-refractivity contribution < 1.29 is 9.18 Å². The number of rotatable bonds is 3. The zero-order valence-electron chi connectivity index (χ0n) is 16.5. The number of amides is 1. The predicted octanol–water partition coefficient (Wildman–Crippen LogP) is 4.45. The van der Waals surface area contributed by atoms with Crippen molar-refractivity contribution in [3.8, 4) is 11.3 Å². The highest BCUT2D eigenvalue weighted by atomic mass is 32.1. The summed E-state index contributed by atoms with van der Waals surface area (Å²) in [6, 6.07) is 6.44. The first-order valence-electron chi connectivity index (χ1n) is 10.2. The van der Waals surface area contributed by atoms with Gasteiger partial charge in [0, 0.05) is 17.5 Å². The quantitative estimate of drug-likeness (QED) is 0.761. The summed E-state index contributed by atoms with van der Waals surface area (Å²) in [6.45, 7) is 5.04. The van der Waals surface area contributed by atoms with Crippen LogP contribution >= 0.6 is 11.3 Å². The van der Waals surface area contributed by atoms with Gasteiger partial charge >= 0.3 is 4.87 Å². The first-order valence-corrected chi connectivity index (χ1v) is 11.0. The van der Waals surface area contributed by atoms with Crippen molar-refractivity contribution in [1.82, 2.24) is 9.47 Å². The average Bonchev–Trinajstić information content (AvgIpc) is 2.96. The Morgan fingerprint density at radius 1 is 1.18 bits per heavy atom. The normalized spacial score (nSPS) is 24.8. The van der Waals surface area contributed by atoms with Gasteiger partial charge in [-0.05, 0) is 67.9 Å². The number of halogens is 1. The molecule has 0 unspecified atom stereocenters. The Labute approximate surface area is 169 Å². The number of fused-ring (bicyclic) bond motifs is 1. The zero-order valence-corrected chi connectivity index (χ0v) is 17.3. The first-order chi connectivity index (χ1) is 13.5. The summed E-state index contributed by atoms with van der Waals surface area (Å²) in [5.41, 5.74) is 1.50. The van der Waals surface area contributed by atoms with Crippen LogP contribution in [0.1, 0.15) is 43.9 Å². The number of aromatic nitrogens is 1. The van der Waals surface area contributed by atoms with Gasteiger partial charge in [-0.1, -0.05) is 31.1 Å². The largest absolute Gasteiger partial charge is 0.338 e. The van der Waals surface area contributed by atoms with Crippen molar-refractivity contribution >= 4 is 17.2 Å². The molecule has 1 aromatic heterocycles. The van der Waals surface area contributed by atoms with Gasteiger partial charge in [0.1, 0.15) is 12.4 Å². The molecule has 3 atom stereocenters. The summed E-state index contributed by atoms with van der Waals surface area (Å²) >= 11 is 1.15. The fourth-order valence-corrected chi connectivity index (χ4v) is 5.93. The maximum Gasteiger partial charge on any atom is 0.308 e. The molecule has 0 radical (unpaired) electrons. The van der Waals surface area contributed by atoms with Crippen LogP contribution in [0.4, 0.5) is 4.39 Å². The summed E-state index contributed by atoms with van der Waals surface area (Å²) in [6.07, 6.45) is 5.74. The lowest BCUT2D eigenvalue weighted by Gasteiger charge is -2.47. The van der Waals surface area contributed by atoms with Crippen LogP contribution in [-0.4, -0.2) is 28.0 Å². The van der Waals surface area contributed by atoms with E-state index >= 15 is 0 Å². The number of hydrogen-bond donors (Lipinski definition) is 0. The van der Waals surface area contributed by atoms with E-state index in [2.05, 4.69) is 6.92 Å². The molecule has 0 N–H and O–H groups in total. The molecule has 1 aliphatic carbocycles. The van der Waals surface area contributed by atoms with Crippen LogP contribution in [0.3, 0.4) is 0 Å². The van der Waals surface area contributed by atoms with Gasteiger partial charge < -0.3 is 4.90 Å². The number of carbonyl (C=O) groups excluding carboxylic acids is 1. The van der Waals surface area contributed by atoms with Crippen LogP contribution in [0.2, 0.25) is 0 Å². The van der Waals surface area contributed by atoms with Crippen LogP contribution in [0, 0.1) is 24.6 Å². The second kappa shape index (κ2) is 7.82. The summed E-state index contributed by atoms with van der Waals surface area (Å²) < 4.78 is 14.9. The minimum atomic E-state index is -0.313. The third-order valence-electron chi connectivity index (χ3n) is 6.53. The molecular weight excluding hydrogens is 375 g/mol. The molecule has 2 heterocycles. The van der Waals surface area contributed by atoms with E-state index in [0.29, 0.717) is 17.9 Å². The average molecular weight is 403 g/mol. The van der Waals surface area contributed by atoms with Crippen molar-refractivity contribution in [3.05, 3.63) is 44.6 Å². The Kier molecular flexibility index (Phi) is 5.41. The van der Waals surface area contributed by atoms with E-state index in [4.69, 9.17) is 0 Å². The Morgan fingerprint density at radius 3 is 2.64 bits per heavy atom. The van der Waals surface area contributed by atoms with E-state index in [0.717, 1.165) is 46.9 Å². The highest BCUT2D eigenvalue weighted by Gasteiger charge is 2.39. The summed E-state index contributed by atoms with van der Waals surface area (Å²) in [5.74, 6) is 0.971. The molecule has 0 spiro atoms. The molecule has 1 saturated carbocycles. The number of piperidine rings is 1. The molecule has 2 aromatic rings. The SMILES string of the molecule is Cc1sc(=O)n(CC(=O)N2CC[C@H](C)[C@H]3CCCC[C@@H]32)c1-c1ccc(F)cc1. The second-order valence-corrected chi connectivity index (χ2v) is 9.40. The zero-order chi connectivity index (χ0) is 19.8. The molecule has 1 aromatic carbocycles. The third-order valence-corrected chi connectivity index (χ3v) is 7.43.